The van der Waals surface area contributed by atoms with Crippen LogP contribution in [0.1, 0.15) is 21.5 Å². The number of carbonyl (C=O) groups excluding carboxylic acids is 1. The van der Waals surface area contributed by atoms with Crippen molar-refractivity contribution in [2.75, 3.05) is 12.4 Å². The van der Waals surface area contributed by atoms with Gasteiger partial charge in [-0.3, -0.25) is 4.79 Å². The summed E-state index contributed by atoms with van der Waals surface area (Å²) >= 11 is 0. The van der Waals surface area contributed by atoms with Crippen LogP contribution in [0.25, 0.3) is 16.7 Å². The fraction of sp³-hybridized carbons (Fsp3) is 0.136. The Morgan fingerprint density at radius 2 is 1.71 bits per heavy atom. The number of aromatic nitrogens is 3. The van der Waals surface area contributed by atoms with Crippen molar-refractivity contribution >= 4 is 22.6 Å². The van der Waals surface area contributed by atoms with Gasteiger partial charge in [-0.1, -0.05) is 29.8 Å². The number of rotatable bonds is 4. The van der Waals surface area contributed by atoms with Crippen LogP contribution in [0.5, 0.6) is 5.75 Å². The number of benzene rings is 3. The lowest BCUT2D eigenvalue weighted by atomic mass is 10.1. The normalized spacial score (nSPS) is 10.8. The zero-order valence-corrected chi connectivity index (χ0v) is 15.9. The first-order valence-electron chi connectivity index (χ1n) is 8.94. The number of fused-ring (bicyclic) bond motifs is 1. The molecule has 0 bridgehead atoms. The Kier molecular flexibility index (Phi) is 4.53. The van der Waals surface area contributed by atoms with E-state index in [9.17, 15) is 4.79 Å². The second kappa shape index (κ2) is 7.15. The molecule has 6 heteroatoms. The van der Waals surface area contributed by atoms with E-state index in [-0.39, 0.29) is 5.91 Å². The topological polar surface area (TPSA) is 69.0 Å². The van der Waals surface area contributed by atoms with E-state index in [1.807, 2.05) is 68.4 Å². The molecule has 0 atom stereocenters. The van der Waals surface area contributed by atoms with Gasteiger partial charge in [0, 0.05) is 5.69 Å². The standard InChI is InChI=1S/C22H20N4O2/c1-14-7-10-17(11-8-14)26-24-19-12-9-16(13-20(19)25-26)23-22(27)18-6-4-5-15(2)21(18)28-3/h4-13H,1-3H3,(H,23,27). The molecule has 140 valence electrons. The van der Waals surface area contributed by atoms with Crippen molar-refractivity contribution in [3.63, 3.8) is 0 Å². The number of para-hydroxylation sites is 1. The number of amides is 1. The minimum absolute atomic E-state index is 0.231. The van der Waals surface area contributed by atoms with E-state index in [4.69, 9.17) is 4.74 Å². The summed E-state index contributed by atoms with van der Waals surface area (Å²) in [6, 6.07) is 18.9. The lowest BCUT2D eigenvalue weighted by Crippen LogP contribution is -2.13. The first-order valence-corrected chi connectivity index (χ1v) is 8.94. The molecular formula is C22H20N4O2. The van der Waals surface area contributed by atoms with Crippen LogP contribution in [-0.2, 0) is 0 Å². The number of carbonyl (C=O) groups is 1. The maximum atomic E-state index is 12.7. The van der Waals surface area contributed by atoms with E-state index in [0.29, 0.717) is 22.5 Å². The lowest BCUT2D eigenvalue weighted by molar-refractivity contribution is 0.102. The number of hydrogen-bond donors (Lipinski definition) is 1. The first kappa shape index (κ1) is 17.7. The largest absolute Gasteiger partial charge is 0.496 e. The van der Waals surface area contributed by atoms with Gasteiger partial charge in [0.2, 0.25) is 0 Å². The molecule has 3 aromatic carbocycles. The summed E-state index contributed by atoms with van der Waals surface area (Å²) in [6.45, 7) is 3.94. The van der Waals surface area contributed by atoms with Crippen LogP contribution in [0.3, 0.4) is 0 Å². The number of nitrogens with zero attached hydrogens (tertiary/aromatic N) is 3. The molecule has 0 aliphatic heterocycles. The van der Waals surface area contributed by atoms with E-state index in [0.717, 1.165) is 16.8 Å². The molecule has 6 nitrogen and oxygen atoms in total. The molecule has 0 radical (unpaired) electrons. The van der Waals surface area contributed by atoms with Crippen LogP contribution in [0, 0.1) is 13.8 Å². The van der Waals surface area contributed by atoms with Gasteiger partial charge in [-0.05, 0) is 55.8 Å². The van der Waals surface area contributed by atoms with Crippen LogP contribution in [0.4, 0.5) is 5.69 Å². The van der Waals surface area contributed by atoms with Gasteiger partial charge in [0.1, 0.15) is 16.8 Å². The molecule has 0 spiro atoms. The molecule has 4 aromatic rings. The molecule has 0 aliphatic rings. The monoisotopic (exact) mass is 372 g/mol. The Morgan fingerprint density at radius 3 is 2.46 bits per heavy atom. The van der Waals surface area contributed by atoms with Crippen molar-refractivity contribution in [2.24, 2.45) is 0 Å². The highest BCUT2D eigenvalue weighted by molar-refractivity contribution is 6.07. The van der Waals surface area contributed by atoms with Gasteiger partial charge in [0.25, 0.3) is 5.91 Å². The summed E-state index contributed by atoms with van der Waals surface area (Å²) in [5.41, 5.74) is 5.57. The second-order valence-electron chi connectivity index (χ2n) is 6.64. The lowest BCUT2D eigenvalue weighted by Gasteiger charge is -2.11. The average molecular weight is 372 g/mol. The number of anilines is 1. The summed E-state index contributed by atoms with van der Waals surface area (Å²) in [6.07, 6.45) is 0. The average Bonchev–Trinajstić information content (AvgIpc) is 3.11. The van der Waals surface area contributed by atoms with Crippen molar-refractivity contribution in [1.29, 1.82) is 0 Å². The summed E-state index contributed by atoms with van der Waals surface area (Å²) in [7, 11) is 1.56. The smallest absolute Gasteiger partial charge is 0.259 e. The summed E-state index contributed by atoms with van der Waals surface area (Å²) < 4.78 is 5.38. The van der Waals surface area contributed by atoms with Gasteiger partial charge in [-0.25, -0.2) is 0 Å². The molecule has 0 saturated heterocycles. The van der Waals surface area contributed by atoms with Crippen molar-refractivity contribution in [2.45, 2.75) is 13.8 Å². The van der Waals surface area contributed by atoms with Gasteiger partial charge < -0.3 is 10.1 Å². The van der Waals surface area contributed by atoms with Crippen molar-refractivity contribution in [3.8, 4) is 11.4 Å². The number of methoxy groups -OCH3 is 1. The van der Waals surface area contributed by atoms with E-state index in [2.05, 4.69) is 15.5 Å². The molecule has 0 aliphatic carbocycles. The molecule has 4 rings (SSSR count). The summed E-state index contributed by atoms with van der Waals surface area (Å²) in [5, 5.41) is 11.9. The number of ether oxygens (including phenoxy) is 1. The van der Waals surface area contributed by atoms with Crippen LogP contribution >= 0.6 is 0 Å². The summed E-state index contributed by atoms with van der Waals surface area (Å²) in [4.78, 5) is 14.3. The highest BCUT2D eigenvalue weighted by Gasteiger charge is 2.15. The zero-order chi connectivity index (χ0) is 19.7. The van der Waals surface area contributed by atoms with Crippen LogP contribution in [0.15, 0.2) is 60.7 Å². The Morgan fingerprint density at radius 1 is 0.964 bits per heavy atom. The highest BCUT2D eigenvalue weighted by atomic mass is 16.5. The minimum Gasteiger partial charge on any atom is -0.496 e. The molecule has 1 heterocycles. The Balaban J connectivity index is 1.62. The van der Waals surface area contributed by atoms with Crippen LogP contribution in [0.2, 0.25) is 0 Å². The van der Waals surface area contributed by atoms with Crippen molar-refractivity contribution < 1.29 is 9.53 Å². The molecule has 1 N–H and O–H groups in total. The second-order valence-corrected chi connectivity index (χ2v) is 6.64. The molecule has 28 heavy (non-hydrogen) atoms. The van der Waals surface area contributed by atoms with E-state index in [1.165, 1.54) is 5.56 Å². The molecule has 0 saturated carbocycles. The third-order valence-corrected chi connectivity index (χ3v) is 4.56. The molecule has 0 fully saturated rings. The van der Waals surface area contributed by atoms with E-state index in [1.54, 1.807) is 18.0 Å². The highest BCUT2D eigenvalue weighted by Crippen LogP contribution is 2.25. The molecule has 1 aromatic heterocycles. The Bertz CT molecular complexity index is 1160. The fourth-order valence-electron chi connectivity index (χ4n) is 3.09. The van der Waals surface area contributed by atoms with E-state index < -0.39 is 0 Å². The quantitative estimate of drug-likeness (QED) is 0.580. The molecule has 0 unspecified atom stereocenters. The third kappa shape index (κ3) is 3.32. The zero-order valence-electron chi connectivity index (χ0n) is 15.9. The SMILES string of the molecule is COc1c(C)cccc1C(=O)Nc1ccc2nn(-c3ccc(C)cc3)nc2c1. The predicted octanol–water partition coefficient (Wildman–Crippen LogP) is 4.30. The van der Waals surface area contributed by atoms with Crippen molar-refractivity contribution in [3.05, 3.63) is 77.4 Å². The summed E-state index contributed by atoms with van der Waals surface area (Å²) in [5.74, 6) is 0.345. The third-order valence-electron chi connectivity index (χ3n) is 4.56. The Hall–Kier alpha value is -3.67. The minimum atomic E-state index is -0.231. The Labute approximate surface area is 162 Å². The maximum Gasteiger partial charge on any atom is 0.259 e. The van der Waals surface area contributed by atoms with E-state index >= 15 is 0 Å². The van der Waals surface area contributed by atoms with Gasteiger partial charge in [0.15, 0.2) is 0 Å². The fourth-order valence-corrected chi connectivity index (χ4v) is 3.09. The van der Waals surface area contributed by atoms with Crippen LogP contribution < -0.4 is 10.1 Å². The van der Waals surface area contributed by atoms with Gasteiger partial charge in [-0.2, -0.15) is 4.80 Å². The predicted molar refractivity (Wildman–Crippen MR) is 109 cm³/mol. The van der Waals surface area contributed by atoms with Crippen molar-refractivity contribution in [1.82, 2.24) is 15.0 Å². The van der Waals surface area contributed by atoms with Gasteiger partial charge >= 0.3 is 0 Å². The van der Waals surface area contributed by atoms with Gasteiger partial charge in [-0.15, -0.1) is 10.2 Å². The maximum absolute atomic E-state index is 12.7. The molecular weight excluding hydrogens is 352 g/mol. The number of hydrogen-bond acceptors (Lipinski definition) is 4. The first-order chi connectivity index (χ1) is 13.5. The van der Waals surface area contributed by atoms with Gasteiger partial charge in [0.05, 0.1) is 18.4 Å². The van der Waals surface area contributed by atoms with Crippen LogP contribution in [-0.4, -0.2) is 28.0 Å². The molecule has 1 amide bonds. The number of nitrogens with one attached hydrogen (secondary N) is 1. The number of aryl methyl sites for hydroxylation is 2.